The standard InChI is InChI=1S/C11H10BrF2N3.C4H7F2N/c1-6-15-8-2-3-9(12)16-10(8)17(6)7-4-11(13,14)5-7;5-4(6)1-3(7)2-4/h2-3,7H,4-5H2,1H3;3H,1-2,7H2. The summed E-state index contributed by atoms with van der Waals surface area (Å²) in [4.78, 5) is 8.66. The molecular formula is C15H17BrF4N4. The average molecular weight is 409 g/mol. The van der Waals surface area contributed by atoms with Gasteiger partial charge < -0.3 is 10.3 Å². The first-order valence-corrected chi connectivity index (χ1v) is 8.38. The molecule has 0 aliphatic heterocycles. The molecule has 0 spiro atoms. The van der Waals surface area contributed by atoms with Crippen molar-refractivity contribution in [1.82, 2.24) is 14.5 Å². The molecule has 0 radical (unpaired) electrons. The van der Waals surface area contributed by atoms with E-state index in [0.717, 1.165) is 11.3 Å². The Morgan fingerprint density at radius 2 is 1.67 bits per heavy atom. The molecule has 0 aromatic carbocycles. The molecule has 2 fully saturated rings. The summed E-state index contributed by atoms with van der Waals surface area (Å²) in [5, 5.41) is 0. The first-order valence-electron chi connectivity index (χ1n) is 7.59. The number of halogens is 5. The lowest BCUT2D eigenvalue weighted by Crippen LogP contribution is -2.45. The maximum Gasteiger partial charge on any atom is 0.252 e. The fourth-order valence-electron chi connectivity index (χ4n) is 3.02. The molecule has 24 heavy (non-hydrogen) atoms. The summed E-state index contributed by atoms with van der Waals surface area (Å²) in [5.74, 6) is -4.22. The molecule has 9 heteroatoms. The molecule has 0 amide bonds. The highest BCUT2D eigenvalue weighted by Crippen LogP contribution is 2.46. The normalized spacial score (nSPS) is 22.5. The molecule has 2 heterocycles. The number of fused-ring (bicyclic) bond motifs is 1. The Balaban J connectivity index is 0.000000203. The Morgan fingerprint density at radius 1 is 1.08 bits per heavy atom. The lowest BCUT2D eigenvalue weighted by Gasteiger charge is -2.36. The Labute approximate surface area is 144 Å². The molecular weight excluding hydrogens is 392 g/mol. The van der Waals surface area contributed by atoms with E-state index in [2.05, 4.69) is 25.9 Å². The van der Waals surface area contributed by atoms with E-state index in [1.54, 1.807) is 6.07 Å². The highest BCUT2D eigenvalue weighted by atomic mass is 79.9. The molecule has 4 rings (SSSR count). The van der Waals surface area contributed by atoms with Gasteiger partial charge in [0.2, 0.25) is 0 Å². The maximum atomic E-state index is 12.9. The quantitative estimate of drug-likeness (QED) is 0.567. The van der Waals surface area contributed by atoms with Crippen LogP contribution in [0.3, 0.4) is 0 Å². The number of pyridine rings is 1. The fourth-order valence-corrected chi connectivity index (χ4v) is 3.32. The number of nitrogens with zero attached hydrogens (tertiary/aromatic N) is 3. The summed E-state index contributed by atoms with van der Waals surface area (Å²) < 4.78 is 51.8. The highest BCUT2D eigenvalue weighted by Gasteiger charge is 2.47. The Hall–Kier alpha value is -1.22. The van der Waals surface area contributed by atoms with Crippen LogP contribution in [0.25, 0.3) is 11.2 Å². The van der Waals surface area contributed by atoms with E-state index >= 15 is 0 Å². The van der Waals surface area contributed by atoms with E-state index in [1.165, 1.54) is 0 Å². The monoisotopic (exact) mass is 408 g/mol. The second kappa shape index (κ2) is 5.94. The van der Waals surface area contributed by atoms with E-state index in [4.69, 9.17) is 5.73 Å². The van der Waals surface area contributed by atoms with Crippen LogP contribution in [-0.2, 0) is 0 Å². The first kappa shape index (κ1) is 17.6. The zero-order valence-electron chi connectivity index (χ0n) is 12.9. The van der Waals surface area contributed by atoms with Crippen LogP contribution in [0.1, 0.15) is 37.5 Å². The molecule has 2 aliphatic carbocycles. The van der Waals surface area contributed by atoms with Gasteiger partial charge in [-0.05, 0) is 35.0 Å². The van der Waals surface area contributed by atoms with Gasteiger partial charge in [-0.1, -0.05) is 0 Å². The van der Waals surface area contributed by atoms with Crippen molar-refractivity contribution in [2.75, 3.05) is 0 Å². The SMILES string of the molecule is Cc1nc2ccc(Br)nc2n1C1CC(F)(F)C1.NC1CC(F)(F)C1. The number of alkyl halides is 4. The third-order valence-corrected chi connectivity index (χ3v) is 4.68. The van der Waals surface area contributed by atoms with Crippen molar-refractivity contribution in [3.05, 3.63) is 22.6 Å². The molecule has 2 saturated carbocycles. The Bertz CT molecular complexity index is 745. The summed E-state index contributed by atoms with van der Waals surface area (Å²) in [7, 11) is 0. The van der Waals surface area contributed by atoms with Crippen molar-refractivity contribution in [2.45, 2.75) is 56.5 Å². The zero-order chi connectivity index (χ0) is 17.7. The maximum absolute atomic E-state index is 12.9. The van der Waals surface area contributed by atoms with Gasteiger partial charge in [0.15, 0.2) is 5.65 Å². The van der Waals surface area contributed by atoms with Crippen LogP contribution in [0.5, 0.6) is 0 Å². The largest absolute Gasteiger partial charge is 0.327 e. The van der Waals surface area contributed by atoms with E-state index in [0.29, 0.717) is 10.3 Å². The molecule has 0 unspecified atom stereocenters. The molecule has 0 saturated heterocycles. The van der Waals surface area contributed by atoms with Crippen LogP contribution in [0, 0.1) is 6.92 Å². The van der Waals surface area contributed by atoms with Crippen molar-refractivity contribution in [2.24, 2.45) is 5.73 Å². The van der Waals surface area contributed by atoms with E-state index in [-0.39, 0.29) is 37.8 Å². The smallest absolute Gasteiger partial charge is 0.252 e. The third-order valence-electron chi connectivity index (χ3n) is 4.23. The van der Waals surface area contributed by atoms with Gasteiger partial charge in [-0.15, -0.1) is 0 Å². The van der Waals surface area contributed by atoms with Crippen molar-refractivity contribution in [1.29, 1.82) is 0 Å². The number of hydrogen-bond donors (Lipinski definition) is 1. The number of imidazole rings is 1. The minimum absolute atomic E-state index is 0.118. The molecule has 0 atom stereocenters. The number of aromatic nitrogens is 3. The predicted octanol–water partition coefficient (Wildman–Crippen LogP) is 4.22. The van der Waals surface area contributed by atoms with Gasteiger partial charge in [0.25, 0.3) is 11.8 Å². The van der Waals surface area contributed by atoms with E-state index in [9.17, 15) is 17.6 Å². The van der Waals surface area contributed by atoms with Crippen molar-refractivity contribution >= 4 is 27.1 Å². The molecule has 2 aromatic heterocycles. The highest BCUT2D eigenvalue weighted by molar-refractivity contribution is 9.10. The van der Waals surface area contributed by atoms with Gasteiger partial charge >= 0.3 is 0 Å². The van der Waals surface area contributed by atoms with Crippen LogP contribution >= 0.6 is 15.9 Å². The van der Waals surface area contributed by atoms with Gasteiger partial charge in [0, 0.05) is 37.8 Å². The Kier molecular flexibility index (Phi) is 4.36. The third kappa shape index (κ3) is 3.56. The number of rotatable bonds is 1. The molecule has 132 valence electrons. The molecule has 2 aliphatic rings. The van der Waals surface area contributed by atoms with Gasteiger partial charge in [-0.3, -0.25) is 0 Å². The molecule has 4 nitrogen and oxygen atoms in total. The van der Waals surface area contributed by atoms with Gasteiger partial charge in [0.05, 0.1) is 0 Å². The fraction of sp³-hybridized carbons (Fsp3) is 0.600. The van der Waals surface area contributed by atoms with Crippen LogP contribution in [-0.4, -0.2) is 32.4 Å². The lowest BCUT2D eigenvalue weighted by molar-refractivity contribution is -0.103. The van der Waals surface area contributed by atoms with Crippen LogP contribution in [0.15, 0.2) is 16.7 Å². The second-order valence-corrected chi connectivity index (χ2v) is 7.26. The van der Waals surface area contributed by atoms with Crippen molar-refractivity contribution < 1.29 is 17.6 Å². The van der Waals surface area contributed by atoms with Crippen LogP contribution in [0.4, 0.5) is 17.6 Å². The van der Waals surface area contributed by atoms with E-state index < -0.39 is 11.8 Å². The molecule has 2 N–H and O–H groups in total. The second-order valence-electron chi connectivity index (χ2n) is 6.45. The summed E-state index contributed by atoms with van der Waals surface area (Å²) in [6.07, 6.45) is -0.471. The number of hydrogen-bond acceptors (Lipinski definition) is 3. The van der Waals surface area contributed by atoms with Gasteiger partial charge in [0.1, 0.15) is 15.9 Å². The van der Waals surface area contributed by atoms with Crippen molar-refractivity contribution in [3.63, 3.8) is 0 Å². The topological polar surface area (TPSA) is 56.7 Å². The van der Waals surface area contributed by atoms with Gasteiger partial charge in [-0.2, -0.15) is 0 Å². The minimum Gasteiger partial charge on any atom is -0.327 e. The number of nitrogens with two attached hydrogens (primary N) is 1. The summed E-state index contributed by atoms with van der Waals surface area (Å²) in [5.41, 5.74) is 6.50. The van der Waals surface area contributed by atoms with Crippen LogP contribution < -0.4 is 5.73 Å². The van der Waals surface area contributed by atoms with E-state index in [1.807, 2.05) is 17.6 Å². The summed E-state index contributed by atoms with van der Waals surface area (Å²) >= 11 is 3.29. The lowest BCUT2D eigenvalue weighted by atomic mass is 9.88. The zero-order valence-corrected chi connectivity index (χ0v) is 14.5. The van der Waals surface area contributed by atoms with Crippen LogP contribution in [0.2, 0.25) is 0 Å². The summed E-state index contributed by atoms with van der Waals surface area (Å²) in [6.45, 7) is 1.83. The van der Waals surface area contributed by atoms with Gasteiger partial charge in [-0.25, -0.2) is 27.5 Å². The predicted molar refractivity (Wildman–Crippen MR) is 85.3 cm³/mol. The summed E-state index contributed by atoms with van der Waals surface area (Å²) in [6, 6.07) is 3.22. The first-order chi connectivity index (χ1) is 11.1. The minimum atomic E-state index is -2.53. The van der Waals surface area contributed by atoms with Crippen molar-refractivity contribution in [3.8, 4) is 0 Å². The Morgan fingerprint density at radius 3 is 2.12 bits per heavy atom. The molecule has 2 aromatic rings. The number of aryl methyl sites for hydroxylation is 1. The average Bonchev–Trinajstić information content (AvgIpc) is 2.69. The molecule has 0 bridgehead atoms.